The molecule has 0 radical (unpaired) electrons. The normalized spacial score (nSPS) is 10.6. The number of nitrogens with one attached hydrogen (secondary N) is 1. The number of rotatable bonds is 6. The zero-order valence-electron chi connectivity index (χ0n) is 12.5. The summed E-state index contributed by atoms with van der Waals surface area (Å²) < 4.78 is 5.30. The fraction of sp³-hybridized carbons (Fsp3) is 0.533. The molecule has 0 bridgehead atoms. The second-order valence-electron chi connectivity index (χ2n) is 5.07. The molecule has 1 rings (SSSR count). The van der Waals surface area contributed by atoms with Crippen molar-refractivity contribution in [3.05, 3.63) is 28.8 Å². The molecular weight excluding hydrogens is 240 g/mol. The van der Waals surface area contributed by atoms with Crippen LogP contribution in [0.2, 0.25) is 0 Å². The van der Waals surface area contributed by atoms with Gasteiger partial charge in [-0.05, 0) is 58.1 Å². The van der Waals surface area contributed by atoms with Gasteiger partial charge in [0.2, 0.25) is 0 Å². The Labute approximate surface area is 115 Å². The summed E-state index contributed by atoms with van der Waals surface area (Å²) in [7, 11) is 5.64. The van der Waals surface area contributed by atoms with E-state index in [0.717, 1.165) is 24.1 Å². The molecule has 1 amide bonds. The predicted octanol–water partition coefficient (Wildman–Crippen LogP) is 1.99. The van der Waals surface area contributed by atoms with Gasteiger partial charge in [-0.2, -0.15) is 0 Å². The summed E-state index contributed by atoms with van der Waals surface area (Å²) in [6.07, 6.45) is 0.936. The topological polar surface area (TPSA) is 41.6 Å². The molecule has 4 heteroatoms. The second-order valence-corrected chi connectivity index (χ2v) is 5.07. The maximum atomic E-state index is 12.2. The summed E-state index contributed by atoms with van der Waals surface area (Å²) in [6.45, 7) is 5.57. The Balaban J connectivity index is 2.71. The molecule has 1 aromatic rings. The zero-order valence-corrected chi connectivity index (χ0v) is 12.5. The summed E-state index contributed by atoms with van der Waals surface area (Å²) in [6, 6.07) is 3.89. The molecule has 0 aliphatic rings. The Bertz CT molecular complexity index is 442. The molecule has 106 valence electrons. The van der Waals surface area contributed by atoms with Gasteiger partial charge in [0.1, 0.15) is 5.75 Å². The van der Waals surface area contributed by atoms with E-state index in [9.17, 15) is 4.79 Å². The van der Waals surface area contributed by atoms with Gasteiger partial charge < -0.3 is 15.0 Å². The van der Waals surface area contributed by atoms with Gasteiger partial charge in [0.25, 0.3) is 5.91 Å². The Morgan fingerprint density at radius 1 is 1.32 bits per heavy atom. The molecule has 0 spiro atoms. The molecule has 0 saturated heterocycles. The van der Waals surface area contributed by atoms with E-state index in [2.05, 4.69) is 10.2 Å². The molecule has 0 saturated carbocycles. The first-order chi connectivity index (χ1) is 8.95. The van der Waals surface area contributed by atoms with Gasteiger partial charge in [0.15, 0.2) is 0 Å². The summed E-state index contributed by atoms with van der Waals surface area (Å²) in [5.41, 5.74) is 2.68. The van der Waals surface area contributed by atoms with Gasteiger partial charge in [-0.25, -0.2) is 0 Å². The van der Waals surface area contributed by atoms with Gasteiger partial charge in [0.05, 0.1) is 12.7 Å². The third-order valence-electron chi connectivity index (χ3n) is 2.96. The van der Waals surface area contributed by atoms with Crippen molar-refractivity contribution in [1.82, 2.24) is 10.2 Å². The van der Waals surface area contributed by atoms with E-state index in [0.29, 0.717) is 17.9 Å². The zero-order chi connectivity index (χ0) is 14.4. The van der Waals surface area contributed by atoms with Crippen LogP contribution in [0.3, 0.4) is 0 Å². The summed E-state index contributed by atoms with van der Waals surface area (Å²) >= 11 is 0. The number of hydrogen-bond acceptors (Lipinski definition) is 3. The van der Waals surface area contributed by atoms with Crippen molar-refractivity contribution in [3.63, 3.8) is 0 Å². The smallest absolute Gasteiger partial charge is 0.255 e. The Kier molecular flexibility index (Phi) is 5.83. The van der Waals surface area contributed by atoms with Crippen LogP contribution in [-0.2, 0) is 0 Å². The number of aryl methyl sites for hydroxylation is 2. The van der Waals surface area contributed by atoms with Crippen LogP contribution in [0.25, 0.3) is 0 Å². The highest BCUT2D eigenvalue weighted by Crippen LogP contribution is 2.23. The van der Waals surface area contributed by atoms with Crippen LogP contribution in [0.1, 0.15) is 27.9 Å². The Hall–Kier alpha value is -1.55. The summed E-state index contributed by atoms with van der Waals surface area (Å²) in [5, 5.41) is 2.94. The van der Waals surface area contributed by atoms with Crippen LogP contribution < -0.4 is 10.1 Å². The number of carbonyl (C=O) groups is 1. The summed E-state index contributed by atoms with van der Waals surface area (Å²) in [5.74, 6) is 0.579. The molecule has 0 fully saturated rings. The number of nitrogens with zero attached hydrogens (tertiary/aromatic N) is 1. The minimum Gasteiger partial charge on any atom is -0.496 e. The van der Waals surface area contributed by atoms with Gasteiger partial charge in [-0.1, -0.05) is 6.07 Å². The minimum absolute atomic E-state index is 0.0619. The lowest BCUT2D eigenvalue weighted by Gasteiger charge is -2.14. The quantitative estimate of drug-likeness (QED) is 0.799. The van der Waals surface area contributed by atoms with E-state index in [1.54, 1.807) is 7.11 Å². The molecule has 19 heavy (non-hydrogen) atoms. The van der Waals surface area contributed by atoms with Crippen molar-refractivity contribution in [1.29, 1.82) is 0 Å². The first-order valence-electron chi connectivity index (χ1n) is 6.54. The van der Waals surface area contributed by atoms with E-state index < -0.39 is 0 Å². The highest BCUT2D eigenvalue weighted by Gasteiger charge is 2.15. The van der Waals surface area contributed by atoms with Crippen molar-refractivity contribution in [2.45, 2.75) is 20.3 Å². The molecule has 0 aromatic heterocycles. The van der Waals surface area contributed by atoms with Gasteiger partial charge >= 0.3 is 0 Å². The molecular formula is C15H24N2O2. The molecule has 0 aliphatic carbocycles. The molecule has 1 N–H and O–H groups in total. The van der Waals surface area contributed by atoms with Gasteiger partial charge in [-0.3, -0.25) is 4.79 Å². The number of ether oxygens (including phenoxy) is 1. The van der Waals surface area contributed by atoms with Crippen molar-refractivity contribution in [2.24, 2.45) is 0 Å². The predicted molar refractivity (Wildman–Crippen MR) is 78.0 cm³/mol. The lowest BCUT2D eigenvalue weighted by molar-refractivity contribution is 0.0948. The van der Waals surface area contributed by atoms with Crippen LogP contribution in [0.5, 0.6) is 5.75 Å². The lowest BCUT2D eigenvalue weighted by Crippen LogP contribution is -2.28. The fourth-order valence-corrected chi connectivity index (χ4v) is 2.07. The van der Waals surface area contributed by atoms with E-state index in [1.165, 1.54) is 0 Å². The second kappa shape index (κ2) is 7.14. The number of benzene rings is 1. The van der Waals surface area contributed by atoms with E-state index in [-0.39, 0.29) is 5.91 Å². The molecule has 0 unspecified atom stereocenters. The Morgan fingerprint density at radius 2 is 2.00 bits per heavy atom. The first-order valence-corrected chi connectivity index (χ1v) is 6.54. The van der Waals surface area contributed by atoms with Gasteiger partial charge in [0, 0.05) is 6.54 Å². The van der Waals surface area contributed by atoms with Crippen LogP contribution >= 0.6 is 0 Å². The van der Waals surface area contributed by atoms with Crippen LogP contribution in [-0.4, -0.2) is 45.1 Å². The van der Waals surface area contributed by atoms with E-state index >= 15 is 0 Å². The van der Waals surface area contributed by atoms with Gasteiger partial charge in [-0.15, -0.1) is 0 Å². The van der Waals surface area contributed by atoms with E-state index in [1.807, 2.05) is 40.1 Å². The summed E-state index contributed by atoms with van der Waals surface area (Å²) in [4.78, 5) is 14.3. The first kappa shape index (κ1) is 15.5. The fourth-order valence-electron chi connectivity index (χ4n) is 2.07. The largest absolute Gasteiger partial charge is 0.496 e. The third-order valence-corrected chi connectivity index (χ3v) is 2.96. The number of amides is 1. The maximum absolute atomic E-state index is 12.2. The van der Waals surface area contributed by atoms with Crippen LogP contribution in [0.4, 0.5) is 0 Å². The van der Waals surface area contributed by atoms with E-state index in [4.69, 9.17) is 4.74 Å². The van der Waals surface area contributed by atoms with Crippen molar-refractivity contribution in [2.75, 3.05) is 34.3 Å². The molecule has 4 nitrogen and oxygen atoms in total. The van der Waals surface area contributed by atoms with Crippen molar-refractivity contribution < 1.29 is 9.53 Å². The SMILES string of the molecule is COc1cc(C)cc(C)c1C(=O)NCCCN(C)C. The maximum Gasteiger partial charge on any atom is 0.255 e. The van der Waals surface area contributed by atoms with Crippen LogP contribution in [0.15, 0.2) is 12.1 Å². The molecule has 0 atom stereocenters. The average Bonchev–Trinajstić information content (AvgIpc) is 2.33. The number of hydrogen-bond donors (Lipinski definition) is 1. The Morgan fingerprint density at radius 3 is 2.58 bits per heavy atom. The highest BCUT2D eigenvalue weighted by molar-refractivity contribution is 5.98. The highest BCUT2D eigenvalue weighted by atomic mass is 16.5. The minimum atomic E-state index is -0.0619. The molecule has 0 aliphatic heterocycles. The standard InChI is InChI=1S/C15H24N2O2/c1-11-9-12(2)14(13(10-11)19-5)15(18)16-7-6-8-17(3)4/h9-10H,6-8H2,1-5H3,(H,16,18). The third kappa shape index (κ3) is 4.56. The molecule has 1 aromatic carbocycles. The number of carbonyl (C=O) groups excluding carboxylic acids is 1. The lowest BCUT2D eigenvalue weighted by atomic mass is 10.0. The monoisotopic (exact) mass is 264 g/mol. The van der Waals surface area contributed by atoms with Crippen molar-refractivity contribution >= 4 is 5.91 Å². The van der Waals surface area contributed by atoms with Crippen LogP contribution in [0, 0.1) is 13.8 Å². The number of methoxy groups -OCH3 is 1. The molecule has 0 heterocycles. The average molecular weight is 264 g/mol. The van der Waals surface area contributed by atoms with Crippen molar-refractivity contribution in [3.8, 4) is 5.75 Å².